The molecule has 2 amide bonds. The van der Waals surface area contributed by atoms with E-state index < -0.39 is 17.9 Å². The lowest BCUT2D eigenvalue weighted by Gasteiger charge is -2.16. The predicted molar refractivity (Wildman–Crippen MR) is 81.5 cm³/mol. The van der Waals surface area contributed by atoms with E-state index in [1.54, 1.807) is 19.1 Å². The molecule has 1 aromatic carbocycles. The van der Waals surface area contributed by atoms with Crippen LogP contribution >= 0.6 is 0 Å². The summed E-state index contributed by atoms with van der Waals surface area (Å²) in [5, 5.41) is 6.21. The van der Waals surface area contributed by atoms with Gasteiger partial charge in [0, 0.05) is 12.1 Å². The van der Waals surface area contributed by atoms with E-state index in [0.29, 0.717) is 11.5 Å². The van der Waals surface area contributed by atoms with E-state index in [2.05, 4.69) is 10.5 Å². The van der Waals surface area contributed by atoms with E-state index >= 15 is 0 Å². The summed E-state index contributed by atoms with van der Waals surface area (Å²) in [5.41, 5.74) is 5.46. The van der Waals surface area contributed by atoms with Crippen LogP contribution in [0.25, 0.3) is 0 Å². The SMILES string of the molecule is COc1ccc(C(N)=O)c(OC(C)C(=O)Nc2cc(C)on2)c1. The van der Waals surface area contributed by atoms with Crippen LogP contribution in [0.4, 0.5) is 5.82 Å². The lowest BCUT2D eigenvalue weighted by Crippen LogP contribution is -2.31. The number of carbonyl (C=O) groups excluding carboxylic acids is 2. The molecule has 0 saturated carbocycles. The maximum absolute atomic E-state index is 12.1. The normalized spacial score (nSPS) is 11.6. The van der Waals surface area contributed by atoms with Crippen LogP contribution in [0.15, 0.2) is 28.8 Å². The molecule has 1 heterocycles. The number of methoxy groups -OCH3 is 1. The fraction of sp³-hybridized carbons (Fsp3) is 0.267. The highest BCUT2D eigenvalue weighted by molar-refractivity contribution is 5.96. The Labute approximate surface area is 132 Å². The van der Waals surface area contributed by atoms with Crippen molar-refractivity contribution >= 4 is 17.6 Å². The number of anilines is 1. The van der Waals surface area contributed by atoms with E-state index in [9.17, 15) is 9.59 Å². The third-order valence-electron chi connectivity index (χ3n) is 3.01. The molecule has 0 aliphatic heterocycles. The molecular formula is C15H17N3O5. The summed E-state index contributed by atoms with van der Waals surface area (Å²) < 4.78 is 15.5. The van der Waals surface area contributed by atoms with Crippen molar-refractivity contribution in [2.45, 2.75) is 20.0 Å². The standard InChI is InChI=1S/C15H17N3O5/c1-8-6-13(18-23-8)17-15(20)9(2)22-12-7-10(21-3)4-5-11(12)14(16)19/h4-7,9H,1-3H3,(H2,16,19)(H,17,18,20). The Morgan fingerprint density at radius 3 is 2.65 bits per heavy atom. The molecule has 122 valence electrons. The number of primary amides is 1. The highest BCUT2D eigenvalue weighted by atomic mass is 16.5. The van der Waals surface area contributed by atoms with E-state index in [0.717, 1.165) is 0 Å². The van der Waals surface area contributed by atoms with Crippen molar-refractivity contribution in [1.82, 2.24) is 5.16 Å². The van der Waals surface area contributed by atoms with Crippen LogP contribution in [0.1, 0.15) is 23.0 Å². The minimum absolute atomic E-state index is 0.155. The smallest absolute Gasteiger partial charge is 0.266 e. The molecular weight excluding hydrogens is 302 g/mol. The Morgan fingerprint density at radius 2 is 2.09 bits per heavy atom. The summed E-state index contributed by atoms with van der Waals surface area (Å²) >= 11 is 0. The zero-order valence-electron chi connectivity index (χ0n) is 13.0. The topological polar surface area (TPSA) is 117 Å². The van der Waals surface area contributed by atoms with Gasteiger partial charge in [-0.2, -0.15) is 0 Å². The molecule has 8 heteroatoms. The second-order valence-corrected chi connectivity index (χ2v) is 4.80. The number of carbonyl (C=O) groups is 2. The molecule has 1 atom stereocenters. The van der Waals surface area contributed by atoms with Gasteiger partial charge < -0.3 is 25.0 Å². The molecule has 0 fully saturated rings. The first kappa shape index (κ1) is 16.3. The number of hydrogen-bond donors (Lipinski definition) is 2. The Hall–Kier alpha value is -3.03. The van der Waals surface area contributed by atoms with Crippen molar-refractivity contribution in [3.8, 4) is 11.5 Å². The van der Waals surface area contributed by atoms with Gasteiger partial charge in [0.25, 0.3) is 11.8 Å². The van der Waals surface area contributed by atoms with Crippen molar-refractivity contribution in [3.63, 3.8) is 0 Å². The molecule has 0 bridgehead atoms. The number of hydrogen-bond acceptors (Lipinski definition) is 6. The van der Waals surface area contributed by atoms with Gasteiger partial charge in [-0.15, -0.1) is 0 Å². The molecule has 23 heavy (non-hydrogen) atoms. The molecule has 0 saturated heterocycles. The van der Waals surface area contributed by atoms with E-state index in [-0.39, 0.29) is 17.1 Å². The fourth-order valence-electron chi connectivity index (χ4n) is 1.83. The third kappa shape index (κ3) is 4.00. The first-order valence-electron chi connectivity index (χ1n) is 6.79. The van der Waals surface area contributed by atoms with Crippen molar-refractivity contribution in [2.24, 2.45) is 5.73 Å². The zero-order valence-corrected chi connectivity index (χ0v) is 13.0. The fourth-order valence-corrected chi connectivity index (χ4v) is 1.83. The number of rotatable bonds is 6. The lowest BCUT2D eigenvalue weighted by molar-refractivity contribution is -0.122. The molecule has 0 spiro atoms. The number of nitrogens with two attached hydrogens (primary N) is 1. The molecule has 1 aromatic heterocycles. The van der Waals surface area contributed by atoms with Crippen molar-refractivity contribution in [2.75, 3.05) is 12.4 Å². The molecule has 0 aliphatic rings. The minimum Gasteiger partial charge on any atom is -0.497 e. The van der Waals surface area contributed by atoms with Gasteiger partial charge in [0.05, 0.1) is 12.7 Å². The molecule has 8 nitrogen and oxygen atoms in total. The summed E-state index contributed by atoms with van der Waals surface area (Å²) in [6, 6.07) is 6.12. The molecule has 2 aromatic rings. The minimum atomic E-state index is -0.891. The number of ether oxygens (including phenoxy) is 2. The predicted octanol–water partition coefficient (Wildman–Crippen LogP) is 1.50. The van der Waals surface area contributed by atoms with Crippen LogP contribution in [0.2, 0.25) is 0 Å². The van der Waals surface area contributed by atoms with Gasteiger partial charge in [-0.1, -0.05) is 5.16 Å². The van der Waals surface area contributed by atoms with Gasteiger partial charge in [-0.3, -0.25) is 9.59 Å². The number of amides is 2. The van der Waals surface area contributed by atoms with Crippen molar-refractivity contribution in [1.29, 1.82) is 0 Å². The van der Waals surface area contributed by atoms with Gasteiger partial charge >= 0.3 is 0 Å². The molecule has 0 radical (unpaired) electrons. The number of aromatic nitrogens is 1. The first-order chi connectivity index (χ1) is 10.9. The van der Waals surface area contributed by atoms with Crippen molar-refractivity contribution in [3.05, 3.63) is 35.6 Å². The summed E-state index contributed by atoms with van der Waals surface area (Å²) in [7, 11) is 1.48. The molecule has 2 rings (SSSR count). The summed E-state index contributed by atoms with van der Waals surface area (Å²) in [5.74, 6) is 0.376. The van der Waals surface area contributed by atoms with Crippen LogP contribution in [0, 0.1) is 6.92 Å². The zero-order chi connectivity index (χ0) is 17.0. The summed E-state index contributed by atoms with van der Waals surface area (Å²) in [6.45, 7) is 3.24. The number of aryl methyl sites for hydroxylation is 1. The maximum Gasteiger partial charge on any atom is 0.266 e. The highest BCUT2D eigenvalue weighted by Crippen LogP contribution is 2.25. The largest absolute Gasteiger partial charge is 0.497 e. The average Bonchev–Trinajstić information content (AvgIpc) is 2.91. The van der Waals surface area contributed by atoms with Gasteiger partial charge in [-0.05, 0) is 26.0 Å². The third-order valence-corrected chi connectivity index (χ3v) is 3.01. The van der Waals surface area contributed by atoms with Gasteiger partial charge in [-0.25, -0.2) is 0 Å². The lowest BCUT2D eigenvalue weighted by atomic mass is 10.2. The van der Waals surface area contributed by atoms with Crippen molar-refractivity contribution < 1.29 is 23.6 Å². The Morgan fingerprint density at radius 1 is 1.35 bits per heavy atom. The van der Waals surface area contributed by atoms with Crippen LogP contribution in [0.3, 0.4) is 0 Å². The van der Waals surface area contributed by atoms with Gasteiger partial charge in [0.2, 0.25) is 0 Å². The van der Waals surface area contributed by atoms with Crippen LogP contribution in [-0.2, 0) is 4.79 Å². The molecule has 1 unspecified atom stereocenters. The highest BCUT2D eigenvalue weighted by Gasteiger charge is 2.20. The first-order valence-corrected chi connectivity index (χ1v) is 6.79. The number of nitrogens with one attached hydrogen (secondary N) is 1. The monoisotopic (exact) mass is 319 g/mol. The molecule has 3 N–H and O–H groups in total. The Balaban J connectivity index is 2.13. The average molecular weight is 319 g/mol. The second kappa shape index (κ2) is 6.82. The summed E-state index contributed by atoms with van der Waals surface area (Å²) in [4.78, 5) is 23.5. The van der Waals surface area contributed by atoms with Crippen LogP contribution in [-0.4, -0.2) is 30.2 Å². The van der Waals surface area contributed by atoms with E-state index in [1.165, 1.54) is 26.2 Å². The summed E-state index contributed by atoms with van der Waals surface area (Å²) in [6.07, 6.45) is -0.891. The maximum atomic E-state index is 12.1. The number of nitrogens with zero attached hydrogens (tertiary/aromatic N) is 1. The molecule has 0 aliphatic carbocycles. The van der Waals surface area contributed by atoms with Gasteiger partial charge in [0.15, 0.2) is 11.9 Å². The Kier molecular flexibility index (Phi) is 4.85. The second-order valence-electron chi connectivity index (χ2n) is 4.80. The van der Waals surface area contributed by atoms with E-state index in [4.69, 9.17) is 19.7 Å². The van der Waals surface area contributed by atoms with Crippen LogP contribution < -0.4 is 20.5 Å². The quantitative estimate of drug-likeness (QED) is 0.833. The van der Waals surface area contributed by atoms with Crippen LogP contribution in [0.5, 0.6) is 11.5 Å². The van der Waals surface area contributed by atoms with Gasteiger partial charge in [0.1, 0.15) is 17.3 Å². The number of benzene rings is 1. The van der Waals surface area contributed by atoms with E-state index in [1.807, 2.05) is 0 Å². The Bertz CT molecular complexity index is 726.